The Morgan fingerprint density at radius 2 is 1.69 bits per heavy atom. The highest BCUT2D eigenvalue weighted by molar-refractivity contribution is 6.74. The van der Waals surface area contributed by atoms with Gasteiger partial charge in [-0.25, -0.2) is 9.37 Å². The molecule has 0 saturated carbocycles. The minimum Gasteiger partial charge on any atom is -0.491 e. The summed E-state index contributed by atoms with van der Waals surface area (Å²) in [5, 5.41) is 1.01. The molecule has 0 aliphatic rings. The fourth-order valence-corrected chi connectivity index (χ4v) is 4.50. The lowest BCUT2D eigenvalue weighted by Crippen LogP contribution is -2.46. The number of alkyl halides is 1. The summed E-state index contributed by atoms with van der Waals surface area (Å²) >= 11 is 0. The van der Waals surface area contributed by atoms with E-state index < -0.39 is 21.1 Å². The van der Waals surface area contributed by atoms with Gasteiger partial charge in [0.2, 0.25) is 0 Å². The lowest BCUT2D eigenvalue weighted by molar-refractivity contribution is 0.0920. The zero-order chi connectivity index (χ0) is 23.5. The zero-order valence-electron chi connectivity index (χ0n) is 20.3. The molecule has 0 radical (unpaired) electrons. The van der Waals surface area contributed by atoms with Crippen LogP contribution in [0.2, 0.25) is 18.1 Å². The Kier molecular flexibility index (Phi) is 7.25. The number of aromatic nitrogens is 1. The highest BCUT2D eigenvalue weighted by atomic mass is 28.4. The Morgan fingerprint density at radius 1 is 1.00 bits per heavy atom. The molecule has 1 heterocycles. The van der Waals surface area contributed by atoms with E-state index in [0.717, 1.165) is 27.8 Å². The molecule has 6 heteroatoms. The lowest BCUT2D eigenvalue weighted by Gasteiger charge is -2.38. The molecular formula is C26H35FN2O2Si. The number of rotatable bonds is 8. The van der Waals surface area contributed by atoms with Gasteiger partial charge in [0.25, 0.3) is 0 Å². The van der Waals surface area contributed by atoms with Crippen molar-refractivity contribution in [3.63, 3.8) is 0 Å². The minimum atomic E-state index is -2.05. The van der Waals surface area contributed by atoms with Crippen molar-refractivity contribution in [2.24, 2.45) is 0 Å². The average molecular weight is 455 g/mol. The molecule has 1 atom stereocenters. The standard InChI is InChI=1S/C26H35FN2O2Si/c1-26(2,3)32(6,7)31-23(17-27)18-30-22-13-15-25-20(16-22)10-14-24(28-25)19-8-11-21(12-9-19)29(4)5/h8-16,23H,17-18H2,1-7H3/t23-/m1/s1. The Labute approximate surface area is 192 Å². The second-order valence-corrected chi connectivity index (χ2v) is 14.7. The van der Waals surface area contributed by atoms with E-state index >= 15 is 0 Å². The first-order chi connectivity index (χ1) is 15.0. The SMILES string of the molecule is CN(C)c1ccc(-c2ccc3cc(OC[C@@H](CF)O[Si](C)(C)C(C)(C)C)ccc3n2)cc1. The molecule has 0 aliphatic carbocycles. The molecule has 3 aromatic rings. The molecule has 0 saturated heterocycles. The van der Waals surface area contributed by atoms with E-state index in [1.54, 1.807) is 0 Å². The maximum Gasteiger partial charge on any atom is 0.192 e. The quantitative estimate of drug-likeness (QED) is 0.354. The van der Waals surface area contributed by atoms with Crippen molar-refractivity contribution in [2.45, 2.75) is 45.0 Å². The van der Waals surface area contributed by atoms with Crippen LogP contribution in [0.25, 0.3) is 22.2 Å². The Morgan fingerprint density at radius 3 is 2.28 bits per heavy atom. The fraction of sp³-hybridized carbons (Fsp3) is 0.423. The number of nitrogens with zero attached hydrogens (tertiary/aromatic N) is 2. The van der Waals surface area contributed by atoms with Gasteiger partial charge in [-0.2, -0.15) is 0 Å². The second-order valence-electron chi connectivity index (χ2n) is 9.96. The van der Waals surface area contributed by atoms with Crippen LogP contribution in [0.5, 0.6) is 5.75 Å². The van der Waals surface area contributed by atoms with Gasteiger partial charge in [-0.15, -0.1) is 0 Å². The van der Waals surface area contributed by atoms with Gasteiger partial charge in [0.05, 0.1) is 11.2 Å². The van der Waals surface area contributed by atoms with E-state index in [4.69, 9.17) is 14.1 Å². The summed E-state index contributed by atoms with van der Waals surface area (Å²) in [5.74, 6) is 0.694. The van der Waals surface area contributed by atoms with E-state index in [-0.39, 0.29) is 11.6 Å². The van der Waals surface area contributed by atoms with Gasteiger partial charge >= 0.3 is 0 Å². The smallest absolute Gasteiger partial charge is 0.192 e. The molecular weight excluding hydrogens is 419 g/mol. The first-order valence-electron chi connectivity index (χ1n) is 11.1. The predicted octanol–water partition coefficient (Wildman–Crippen LogP) is 6.71. The molecule has 0 bridgehead atoms. The van der Waals surface area contributed by atoms with Crippen LogP contribution in [0.1, 0.15) is 20.8 Å². The molecule has 0 aliphatic heterocycles. The molecule has 0 unspecified atom stereocenters. The van der Waals surface area contributed by atoms with Crippen LogP contribution >= 0.6 is 0 Å². The lowest BCUT2D eigenvalue weighted by atomic mass is 10.1. The highest BCUT2D eigenvalue weighted by Crippen LogP contribution is 2.37. The summed E-state index contributed by atoms with van der Waals surface area (Å²) in [4.78, 5) is 6.87. The molecule has 32 heavy (non-hydrogen) atoms. The number of fused-ring (bicyclic) bond motifs is 1. The van der Waals surface area contributed by atoms with Crippen molar-refractivity contribution >= 4 is 24.9 Å². The van der Waals surface area contributed by atoms with E-state index in [1.807, 2.05) is 44.4 Å². The summed E-state index contributed by atoms with van der Waals surface area (Å²) in [7, 11) is 2.00. The van der Waals surface area contributed by atoms with Crippen molar-refractivity contribution in [1.29, 1.82) is 0 Å². The van der Waals surface area contributed by atoms with Crippen LogP contribution in [0.15, 0.2) is 54.6 Å². The van der Waals surface area contributed by atoms with Crippen molar-refractivity contribution in [3.05, 3.63) is 54.6 Å². The first-order valence-corrected chi connectivity index (χ1v) is 14.0. The molecule has 2 aromatic carbocycles. The summed E-state index contributed by atoms with van der Waals surface area (Å²) in [6.07, 6.45) is -0.558. The summed E-state index contributed by atoms with van der Waals surface area (Å²) in [6.45, 7) is 10.3. The van der Waals surface area contributed by atoms with Crippen molar-refractivity contribution < 1.29 is 13.6 Å². The van der Waals surface area contributed by atoms with Gasteiger partial charge < -0.3 is 14.1 Å². The number of ether oxygens (including phenoxy) is 1. The average Bonchev–Trinajstić information content (AvgIpc) is 2.75. The van der Waals surface area contributed by atoms with Gasteiger partial charge in [0.15, 0.2) is 8.32 Å². The number of hydrogen-bond donors (Lipinski definition) is 0. The zero-order valence-corrected chi connectivity index (χ0v) is 21.3. The molecule has 0 fully saturated rings. The molecule has 1 aromatic heterocycles. The van der Waals surface area contributed by atoms with E-state index in [1.165, 1.54) is 0 Å². The first kappa shape index (κ1) is 24.2. The minimum absolute atomic E-state index is 0.0273. The summed E-state index contributed by atoms with van der Waals surface area (Å²) in [5.41, 5.74) is 4.05. The van der Waals surface area contributed by atoms with Crippen molar-refractivity contribution in [3.8, 4) is 17.0 Å². The Bertz CT molecular complexity index is 1050. The maximum absolute atomic E-state index is 13.6. The normalized spacial score (nSPS) is 13.2. The molecule has 0 N–H and O–H groups in total. The number of halogens is 1. The van der Waals surface area contributed by atoms with Crippen LogP contribution < -0.4 is 9.64 Å². The number of anilines is 1. The van der Waals surface area contributed by atoms with Gasteiger partial charge in [-0.05, 0) is 54.5 Å². The summed E-state index contributed by atoms with van der Waals surface area (Å²) in [6, 6.07) is 18.2. The van der Waals surface area contributed by atoms with Crippen LogP contribution in [0.3, 0.4) is 0 Å². The van der Waals surface area contributed by atoms with Crippen LogP contribution in [-0.4, -0.2) is 46.8 Å². The maximum atomic E-state index is 13.6. The third-order valence-corrected chi connectivity index (χ3v) is 10.8. The Balaban J connectivity index is 1.71. The highest BCUT2D eigenvalue weighted by Gasteiger charge is 2.39. The van der Waals surface area contributed by atoms with Gasteiger partial charge in [-0.3, -0.25) is 0 Å². The topological polar surface area (TPSA) is 34.6 Å². The fourth-order valence-electron chi connectivity index (χ4n) is 3.18. The van der Waals surface area contributed by atoms with Crippen molar-refractivity contribution in [2.75, 3.05) is 32.3 Å². The van der Waals surface area contributed by atoms with E-state index in [0.29, 0.717) is 5.75 Å². The van der Waals surface area contributed by atoms with Crippen LogP contribution in [0.4, 0.5) is 10.1 Å². The monoisotopic (exact) mass is 454 g/mol. The molecule has 172 valence electrons. The third kappa shape index (κ3) is 5.67. The molecule has 3 rings (SSSR count). The third-order valence-electron chi connectivity index (χ3n) is 6.22. The second kappa shape index (κ2) is 9.59. The van der Waals surface area contributed by atoms with E-state index in [9.17, 15) is 4.39 Å². The Hall–Kier alpha value is -2.44. The number of benzene rings is 2. The predicted molar refractivity (Wildman–Crippen MR) is 135 cm³/mol. The van der Waals surface area contributed by atoms with E-state index in [2.05, 4.69) is 63.0 Å². The molecule has 4 nitrogen and oxygen atoms in total. The number of pyridine rings is 1. The van der Waals surface area contributed by atoms with Gasteiger partial charge in [0.1, 0.15) is 25.1 Å². The molecule has 0 amide bonds. The molecule has 0 spiro atoms. The van der Waals surface area contributed by atoms with Crippen molar-refractivity contribution in [1.82, 2.24) is 4.98 Å². The van der Waals surface area contributed by atoms with Crippen LogP contribution in [-0.2, 0) is 4.43 Å². The van der Waals surface area contributed by atoms with Crippen LogP contribution in [0, 0.1) is 0 Å². The van der Waals surface area contributed by atoms with Gasteiger partial charge in [-0.1, -0.05) is 39.0 Å². The van der Waals surface area contributed by atoms with Gasteiger partial charge in [0, 0.05) is 30.7 Å². The summed E-state index contributed by atoms with van der Waals surface area (Å²) < 4.78 is 25.7. The largest absolute Gasteiger partial charge is 0.491 e. The number of hydrogen-bond acceptors (Lipinski definition) is 4.